The fourth-order valence-electron chi connectivity index (χ4n) is 4.11. The summed E-state index contributed by atoms with van der Waals surface area (Å²) in [5.41, 5.74) is -0.771. The average molecular weight is 404 g/mol. The molecule has 0 aromatic rings. The predicted octanol–water partition coefficient (Wildman–Crippen LogP) is 0.768. The molecule has 0 aromatic heterocycles. The van der Waals surface area contributed by atoms with Crippen molar-refractivity contribution in [2.24, 2.45) is 5.92 Å². The first-order valence-electron chi connectivity index (χ1n) is 9.38. The highest BCUT2D eigenvalue weighted by Gasteiger charge is 2.52. The van der Waals surface area contributed by atoms with Crippen LogP contribution in [0.2, 0.25) is 0 Å². The van der Waals surface area contributed by atoms with Crippen molar-refractivity contribution in [2.75, 3.05) is 26.2 Å². The summed E-state index contributed by atoms with van der Waals surface area (Å²) in [5.74, 6) is -2.25. The summed E-state index contributed by atoms with van der Waals surface area (Å²) in [5, 5.41) is 5.34. The van der Waals surface area contributed by atoms with Gasteiger partial charge in [-0.15, -0.1) is 0 Å². The highest BCUT2D eigenvalue weighted by molar-refractivity contribution is 6.07. The minimum absolute atomic E-state index is 0.149. The number of urea groups is 1. The molecule has 0 radical (unpaired) electrons. The van der Waals surface area contributed by atoms with E-state index in [1.807, 2.05) is 0 Å². The molecule has 2 saturated heterocycles. The van der Waals surface area contributed by atoms with Crippen molar-refractivity contribution in [3.05, 3.63) is 0 Å². The lowest BCUT2D eigenvalue weighted by molar-refractivity contribution is -0.157. The number of carbonyl (C=O) groups is 4. The summed E-state index contributed by atoms with van der Waals surface area (Å²) in [6.07, 6.45) is -1.38. The average Bonchev–Trinajstić information content (AvgIpc) is 3.26. The van der Waals surface area contributed by atoms with Gasteiger partial charge < -0.3 is 15.5 Å². The highest BCUT2D eigenvalue weighted by atomic mass is 19.4. The zero-order chi connectivity index (χ0) is 20.5. The number of nitrogens with zero attached hydrogens (tertiary/aromatic N) is 2. The highest BCUT2D eigenvalue weighted by Crippen LogP contribution is 2.35. The molecule has 3 rings (SSSR count). The molecule has 3 aliphatic rings. The van der Waals surface area contributed by atoms with Gasteiger partial charge in [-0.25, -0.2) is 4.79 Å². The van der Waals surface area contributed by atoms with Crippen LogP contribution in [-0.2, 0) is 14.4 Å². The summed E-state index contributed by atoms with van der Waals surface area (Å²) < 4.78 is 37.3. The van der Waals surface area contributed by atoms with Gasteiger partial charge >= 0.3 is 12.2 Å². The van der Waals surface area contributed by atoms with Crippen LogP contribution < -0.4 is 10.6 Å². The maximum absolute atomic E-state index is 12.5. The van der Waals surface area contributed by atoms with E-state index in [0.29, 0.717) is 24.2 Å². The van der Waals surface area contributed by atoms with Gasteiger partial charge in [0.25, 0.3) is 5.91 Å². The van der Waals surface area contributed by atoms with Gasteiger partial charge in [0.15, 0.2) is 0 Å². The predicted molar refractivity (Wildman–Crippen MR) is 89.8 cm³/mol. The third kappa shape index (κ3) is 4.22. The maximum Gasteiger partial charge on any atom is 0.406 e. The number of rotatable bonds is 6. The summed E-state index contributed by atoms with van der Waals surface area (Å²) in [6, 6.07) is -0.428. The quantitative estimate of drug-likeness (QED) is 0.505. The standard InChI is InChI=1S/C17H23F3N4O4/c18-17(19,20)10-23-9-11(8-12(23)25)13(26)21-6-3-7-24-14(27)16(22-15(24)28)4-1-2-5-16/h11H,1-10H2,(H,21,26)(H,22,28)/t11-/m0/s1. The van der Waals surface area contributed by atoms with Crippen molar-refractivity contribution in [2.45, 2.75) is 50.2 Å². The molecule has 0 unspecified atom stereocenters. The molecule has 2 N–H and O–H groups in total. The number of imide groups is 1. The van der Waals surface area contributed by atoms with Crippen LogP contribution in [0, 0.1) is 5.92 Å². The fraction of sp³-hybridized carbons (Fsp3) is 0.765. The van der Waals surface area contributed by atoms with Crippen molar-refractivity contribution in [3.8, 4) is 0 Å². The summed E-state index contributed by atoms with van der Waals surface area (Å²) in [4.78, 5) is 50.0. The summed E-state index contributed by atoms with van der Waals surface area (Å²) in [6.45, 7) is -1.31. The molecule has 5 amide bonds. The van der Waals surface area contributed by atoms with E-state index in [1.165, 1.54) is 0 Å². The van der Waals surface area contributed by atoms with E-state index in [0.717, 1.165) is 17.7 Å². The number of hydrogen-bond acceptors (Lipinski definition) is 4. The molecule has 0 bridgehead atoms. The van der Waals surface area contributed by atoms with Gasteiger partial charge in [-0.3, -0.25) is 19.3 Å². The number of nitrogens with one attached hydrogen (secondary N) is 2. The molecular weight excluding hydrogens is 381 g/mol. The minimum atomic E-state index is -4.50. The van der Waals surface area contributed by atoms with E-state index in [9.17, 15) is 32.3 Å². The Kier molecular flexibility index (Phi) is 5.53. The molecule has 2 aliphatic heterocycles. The van der Waals surface area contributed by atoms with Gasteiger partial charge in [-0.2, -0.15) is 13.2 Å². The van der Waals surface area contributed by atoms with E-state index in [2.05, 4.69) is 10.6 Å². The number of amides is 5. The van der Waals surface area contributed by atoms with Crippen LogP contribution in [0.5, 0.6) is 0 Å². The molecule has 156 valence electrons. The molecule has 28 heavy (non-hydrogen) atoms. The molecule has 1 saturated carbocycles. The van der Waals surface area contributed by atoms with Crippen LogP contribution in [0.3, 0.4) is 0 Å². The fourth-order valence-corrected chi connectivity index (χ4v) is 4.11. The Hall–Kier alpha value is -2.33. The lowest BCUT2D eigenvalue weighted by Crippen LogP contribution is -2.44. The lowest BCUT2D eigenvalue weighted by atomic mass is 9.98. The third-order valence-corrected chi connectivity index (χ3v) is 5.52. The smallest absolute Gasteiger partial charge is 0.356 e. The molecule has 11 heteroatoms. The van der Waals surface area contributed by atoms with Gasteiger partial charge in [0.1, 0.15) is 12.1 Å². The zero-order valence-electron chi connectivity index (χ0n) is 15.3. The SMILES string of the molecule is O=C(NCCCN1C(=O)NC2(CCCC2)C1=O)[C@H]1CC(=O)N(CC(F)(F)F)C1. The Bertz CT molecular complexity index is 676. The molecule has 0 aromatic carbocycles. The normalized spacial score (nSPS) is 24.4. The van der Waals surface area contributed by atoms with Gasteiger partial charge in [0.05, 0.1) is 5.92 Å². The second-order valence-corrected chi connectivity index (χ2v) is 7.61. The number of alkyl halides is 3. The Morgan fingerprint density at radius 3 is 2.54 bits per heavy atom. The second kappa shape index (κ2) is 7.59. The third-order valence-electron chi connectivity index (χ3n) is 5.52. The van der Waals surface area contributed by atoms with Crippen LogP contribution in [0.4, 0.5) is 18.0 Å². The van der Waals surface area contributed by atoms with Crippen molar-refractivity contribution in [1.29, 1.82) is 0 Å². The Labute approximate surface area is 159 Å². The summed E-state index contributed by atoms with van der Waals surface area (Å²) >= 11 is 0. The van der Waals surface area contributed by atoms with Crippen LogP contribution in [0.15, 0.2) is 0 Å². The number of hydrogen-bond donors (Lipinski definition) is 2. The first-order chi connectivity index (χ1) is 13.1. The molecule has 3 fully saturated rings. The number of likely N-dealkylation sites (tertiary alicyclic amines) is 1. The Morgan fingerprint density at radius 2 is 1.89 bits per heavy atom. The van der Waals surface area contributed by atoms with Crippen LogP contribution >= 0.6 is 0 Å². The van der Waals surface area contributed by atoms with Gasteiger partial charge in [-0.05, 0) is 19.3 Å². The summed E-state index contributed by atoms with van der Waals surface area (Å²) in [7, 11) is 0. The monoisotopic (exact) mass is 404 g/mol. The van der Waals surface area contributed by atoms with Crippen LogP contribution in [-0.4, -0.2) is 71.4 Å². The van der Waals surface area contributed by atoms with Crippen molar-refractivity contribution in [1.82, 2.24) is 20.4 Å². The molecule has 8 nitrogen and oxygen atoms in total. The van der Waals surface area contributed by atoms with E-state index in [4.69, 9.17) is 0 Å². The van der Waals surface area contributed by atoms with E-state index >= 15 is 0 Å². The maximum atomic E-state index is 12.5. The molecule has 1 aliphatic carbocycles. The largest absolute Gasteiger partial charge is 0.406 e. The minimum Gasteiger partial charge on any atom is -0.356 e. The van der Waals surface area contributed by atoms with Gasteiger partial charge in [0.2, 0.25) is 11.8 Å². The molecule has 1 atom stereocenters. The number of carbonyl (C=O) groups excluding carboxylic acids is 4. The Morgan fingerprint density at radius 1 is 1.21 bits per heavy atom. The lowest BCUT2D eigenvalue weighted by Gasteiger charge is -2.20. The van der Waals surface area contributed by atoms with Crippen LogP contribution in [0.1, 0.15) is 38.5 Å². The Balaban J connectivity index is 1.41. The molecule has 1 spiro atoms. The topological polar surface area (TPSA) is 98.8 Å². The van der Waals surface area contributed by atoms with E-state index in [-0.39, 0.29) is 32.0 Å². The molecular formula is C17H23F3N4O4. The first kappa shape index (κ1) is 20.4. The van der Waals surface area contributed by atoms with Crippen molar-refractivity contribution in [3.63, 3.8) is 0 Å². The van der Waals surface area contributed by atoms with E-state index < -0.39 is 42.0 Å². The zero-order valence-corrected chi connectivity index (χ0v) is 15.3. The number of halogens is 3. The van der Waals surface area contributed by atoms with Gasteiger partial charge in [-0.1, -0.05) is 12.8 Å². The van der Waals surface area contributed by atoms with E-state index in [1.54, 1.807) is 0 Å². The van der Waals surface area contributed by atoms with Crippen molar-refractivity contribution < 1.29 is 32.3 Å². The van der Waals surface area contributed by atoms with Crippen LogP contribution in [0.25, 0.3) is 0 Å². The van der Waals surface area contributed by atoms with Gasteiger partial charge in [0, 0.05) is 26.1 Å². The first-order valence-corrected chi connectivity index (χ1v) is 9.38. The second-order valence-electron chi connectivity index (χ2n) is 7.61. The van der Waals surface area contributed by atoms with Crippen molar-refractivity contribution >= 4 is 23.8 Å². The molecule has 2 heterocycles.